The number of hydrogen-bond donors (Lipinski definition) is 1. The summed E-state index contributed by atoms with van der Waals surface area (Å²) in [7, 11) is -3.96. The lowest BCUT2D eigenvalue weighted by Gasteiger charge is -2.21. The Kier molecular flexibility index (Phi) is 6.09. The first-order chi connectivity index (χ1) is 14.0. The van der Waals surface area contributed by atoms with Crippen molar-refractivity contribution in [3.63, 3.8) is 0 Å². The molecule has 3 aromatic rings. The summed E-state index contributed by atoms with van der Waals surface area (Å²) >= 11 is 6.03. The first-order valence-electron chi connectivity index (χ1n) is 8.96. The predicted molar refractivity (Wildman–Crippen MR) is 115 cm³/mol. The summed E-state index contributed by atoms with van der Waals surface area (Å²) in [5, 5.41) is 0.293. The van der Waals surface area contributed by atoms with Gasteiger partial charge >= 0.3 is 0 Å². The van der Waals surface area contributed by atoms with E-state index in [0.717, 1.165) is 0 Å². The Morgan fingerprint density at radius 3 is 2.27 bits per heavy atom. The maximum absolute atomic E-state index is 12.9. The molecule has 0 saturated heterocycles. The van der Waals surface area contributed by atoms with Crippen molar-refractivity contribution in [1.82, 2.24) is 9.97 Å². The van der Waals surface area contributed by atoms with E-state index in [1.54, 1.807) is 12.1 Å². The summed E-state index contributed by atoms with van der Waals surface area (Å²) in [5.74, 6) is 0.0950. The van der Waals surface area contributed by atoms with Crippen LogP contribution in [0.3, 0.4) is 0 Å². The zero-order chi connectivity index (χ0) is 21.9. The van der Waals surface area contributed by atoms with E-state index in [0.29, 0.717) is 10.8 Å². The fraction of sp³-hybridized carbons (Fsp3) is 0.190. The Bertz CT molecular complexity index is 1160. The summed E-state index contributed by atoms with van der Waals surface area (Å²) in [6.45, 7) is 5.70. The summed E-state index contributed by atoms with van der Waals surface area (Å²) in [4.78, 5) is 20.5. The van der Waals surface area contributed by atoms with E-state index >= 15 is 0 Å². The number of halogens is 1. The fourth-order valence-electron chi connectivity index (χ4n) is 2.61. The highest BCUT2D eigenvalue weighted by Gasteiger charge is 2.21. The third kappa shape index (κ3) is 5.34. The van der Waals surface area contributed by atoms with Crippen LogP contribution in [-0.2, 0) is 10.0 Å². The van der Waals surface area contributed by atoms with Gasteiger partial charge in [0.05, 0.1) is 16.1 Å². The molecule has 0 bridgehead atoms. The van der Waals surface area contributed by atoms with Crippen LogP contribution in [0.25, 0.3) is 0 Å². The number of carbonyl (C=O) groups is 1. The number of benzene rings is 2. The number of hydrogen-bond acceptors (Lipinski definition) is 6. The van der Waals surface area contributed by atoms with E-state index in [4.69, 9.17) is 16.3 Å². The van der Waals surface area contributed by atoms with Crippen molar-refractivity contribution in [3.8, 4) is 5.75 Å². The normalized spacial score (nSPS) is 11.7. The lowest BCUT2D eigenvalue weighted by Crippen LogP contribution is -2.23. The van der Waals surface area contributed by atoms with Crippen molar-refractivity contribution < 1.29 is 17.9 Å². The molecule has 0 aliphatic heterocycles. The molecule has 0 unspecified atom stereocenters. The van der Waals surface area contributed by atoms with Crippen LogP contribution < -0.4 is 9.46 Å². The van der Waals surface area contributed by atoms with Gasteiger partial charge in [0.25, 0.3) is 10.0 Å². The summed E-state index contributed by atoms with van der Waals surface area (Å²) in [6, 6.07) is 10.4. The van der Waals surface area contributed by atoms with Crippen LogP contribution >= 0.6 is 11.6 Å². The average molecular weight is 446 g/mol. The van der Waals surface area contributed by atoms with Gasteiger partial charge in [0.2, 0.25) is 0 Å². The van der Waals surface area contributed by atoms with Crippen LogP contribution in [0.15, 0.2) is 66.1 Å². The highest BCUT2D eigenvalue weighted by atomic mass is 35.5. The van der Waals surface area contributed by atoms with Gasteiger partial charge in [-0.2, -0.15) is 0 Å². The molecule has 7 nitrogen and oxygen atoms in total. The molecule has 156 valence electrons. The molecule has 30 heavy (non-hydrogen) atoms. The van der Waals surface area contributed by atoms with E-state index in [1.165, 1.54) is 49.1 Å². The van der Waals surface area contributed by atoms with Crippen LogP contribution in [-0.4, -0.2) is 29.8 Å². The second-order valence-corrected chi connectivity index (χ2v) is 9.56. The molecule has 0 saturated carbocycles. The number of ketones is 1. The molecule has 1 N–H and O–H groups in total. The van der Waals surface area contributed by atoms with E-state index in [-0.39, 0.29) is 21.7 Å². The second-order valence-electron chi connectivity index (χ2n) is 7.44. The largest absolute Gasteiger partial charge is 0.488 e. The van der Waals surface area contributed by atoms with Crippen LogP contribution in [0.1, 0.15) is 36.7 Å². The number of anilines is 1. The van der Waals surface area contributed by atoms with Crippen molar-refractivity contribution in [1.29, 1.82) is 0 Å². The van der Waals surface area contributed by atoms with Gasteiger partial charge in [-0.15, -0.1) is 0 Å². The highest BCUT2D eigenvalue weighted by Crippen LogP contribution is 2.27. The number of ether oxygens (including phenoxy) is 1. The van der Waals surface area contributed by atoms with Gasteiger partial charge in [-0.25, -0.2) is 18.4 Å². The van der Waals surface area contributed by atoms with Gasteiger partial charge < -0.3 is 4.74 Å². The lowest BCUT2D eigenvalue weighted by atomic mass is 10.0. The average Bonchev–Trinajstić information content (AvgIpc) is 2.68. The Labute approximate surface area is 180 Å². The zero-order valence-corrected chi connectivity index (χ0v) is 18.2. The molecule has 1 heterocycles. The van der Waals surface area contributed by atoms with Crippen LogP contribution in [0.4, 0.5) is 5.69 Å². The molecule has 0 fully saturated rings. The van der Waals surface area contributed by atoms with E-state index in [2.05, 4.69) is 14.7 Å². The summed E-state index contributed by atoms with van der Waals surface area (Å²) in [6.07, 6.45) is 4.00. The smallest absolute Gasteiger partial charge is 0.261 e. The number of nitrogens with one attached hydrogen (secondary N) is 1. The zero-order valence-electron chi connectivity index (χ0n) is 16.6. The standard InChI is InChI=1S/C21H20ClN3O4S/c1-21(2,3)29-16-5-7-17(8-6-16)30(27,28)25-19-9-4-15(22)10-18(19)20(26)14-11-23-13-24-12-14/h4-13,25H,1-3H3. The van der Waals surface area contributed by atoms with Gasteiger partial charge in [-0.05, 0) is 63.2 Å². The molecule has 0 amide bonds. The van der Waals surface area contributed by atoms with Crippen molar-refractivity contribution >= 4 is 33.1 Å². The molecule has 0 aliphatic carbocycles. The second kappa shape index (κ2) is 8.41. The third-order valence-corrected chi connectivity index (χ3v) is 5.47. The summed E-state index contributed by atoms with van der Waals surface area (Å²) < 4.78 is 33.9. The molecule has 0 spiro atoms. The van der Waals surface area contributed by atoms with E-state index in [1.807, 2.05) is 20.8 Å². The predicted octanol–water partition coefficient (Wildman–Crippen LogP) is 4.34. The van der Waals surface area contributed by atoms with Gasteiger partial charge in [-0.3, -0.25) is 9.52 Å². The number of carbonyl (C=O) groups excluding carboxylic acids is 1. The van der Waals surface area contributed by atoms with Crippen molar-refractivity contribution in [2.45, 2.75) is 31.3 Å². The number of aromatic nitrogens is 2. The maximum atomic E-state index is 12.9. The van der Waals surface area contributed by atoms with Gasteiger partial charge in [0.15, 0.2) is 5.78 Å². The third-order valence-electron chi connectivity index (χ3n) is 3.85. The molecular weight excluding hydrogens is 426 g/mol. The van der Waals surface area contributed by atoms with E-state index in [9.17, 15) is 13.2 Å². The van der Waals surface area contributed by atoms with E-state index < -0.39 is 21.4 Å². The lowest BCUT2D eigenvalue weighted by molar-refractivity contribution is 0.103. The van der Waals surface area contributed by atoms with Gasteiger partial charge in [0, 0.05) is 23.0 Å². The number of nitrogens with zero attached hydrogens (tertiary/aromatic N) is 2. The van der Waals surface area contributed by atoms with Crippen LogP contribution in [0.2, 0.25) is 5.02 Å². The quantitative estimate of drug-likeness (QED) is 0.567. The SMILES string of the molecule is CC(C)(C)Oc1ccc(S(=O)(=O)Nc2ccc(Cl)cc2C(=O)c2cncnc2)cc1. The molecule has 9 heteroatoms. The first-order valence-corrected chi connectivity index (χ1v) is 10.8. The molecule has 2 aromatic carbocycles. The minimum atomic E-state index is -3.96. The van der Waals surface area contributed by atoms with Crippen LogP contribution in [0.5, 0.6) is 5.75 Å². The Morgan fingerprint density at radius 2 is 1.67 bits per heavy atom. The first kappa shape index (κ1) is 21.7. The Morgan fingerprint density at radius 1 is 1.03 bits per heavy atom. The molecule has 1 aromatic heterocycles. The highest BCUT2D eigenvalue weighted by molar-refractivity contribution is 7.92. The van der Waals surface area contributed by atoms with Crippen LogP contribution in [0, 0.1) is 0 Å². The monoisotopic (exact) mass is 445 g/mol. The molecule has 0 atom stereocenters. The number of sulfonamides is 1. The topological polar surface area (TPSA) is 98.2 Å². The van der Waals surface area contributed by atoms with Crippen molar-refractivity contribution in [2.24, 2.45) is 0 Å². The van der Waals surface area contributed by atoms with Gasteiger partial charge in [-0.1, -0.05) is 11.6 Å². The van der Waals surface area contributed by atoms with Crippen molar-refractivity contribution in [2.75, 3.05) is 4.72 Å². The summed E-state index contributed by atoms with van der Waals surface area (Å²) in [5.41, 5.74) is -0.000948. The number of rotatable bonds is 6. The van der Waals surface area contributed by atoms with Gasteiger partial charge in [0.1, 0.15) is 17.7 Å². The molecule has 3 rings (SSSR count). The molecular formula is C21H20ClN3O4S. The van der Waals surface area contributed by atoms with Crippen molar-refractivity contribution in [3.05, 3.63) is 77.3 Å². The maximum Gasteiger partial charge on any atom is 0.261 e. The Balaban J connectivity index is 1.91. The molecule has 0 radical (unpaired) electrons. The minimum absolute atomic E-state index is 0.0279. The Hall–Kier alpha value is -2.97. The molecule has 0 aliphatic rings. The minimum Gasteiger partial charge on any atom is -0.488 e. The fourth-order valence-corrected chi connectivity index (χ4v) is 3.86.